The third-order valence-electron chi connectivity index (χ3n) is 14.8. The second-order valence-electron chi connectivity index (χ2n) is 18.8. The first-order chi connectivity index (χ1) is 31.3. The molecule has 3 N–H and O–H groups in total. The smallest absolute Gasteiger partial charge is 0.328 e. The first-order valence-electron chi connectivity index (χ1n) is 22.7. The van der Waals surface area contributed by atoms with Crippen LogP contribution in [0.25, 0.3) is 5.65 Å². The van der Waals surface area contributed by atoms with Crippen molar-refractivity contribution in [1.82, 2.24) is 40.0 Å². The number of amides is 5. The standard InChI is InChI=1S/C46H54ClF2N11O5/c1-26-40(47)35(59-16-11-39(61)54-44(59)64)19-33(52-26)43(63)57-17-12-45(13-18-57)23-46(49,24-45)25-56-14-9-28(30(48)22-56)27-5-4-6-34-29(27)10-15-58(34)38-20-32(50-2)41-51-21-36(60(41)55-38)42(62)53-31-7-8-37(31)65-3/h4-6,19-21,28,30-31,37,50H,7-18,22-25H2,1-3H3,(H,53,62)(H,54,61,64)/t28?,30-,31-,37-/m1/s1. The highest BCUT2D eigenvalue weighted by atomic mass is 35.5. The number of imide groups is 1. The summed E-state index contributed by atoms with van der Waals surface area (Å²) in [4.78, 5) is 67.5. The number of halogens is 3. The molecule has 1 unspecified atom stereocenters. The number of rotatable bonds is 10. The summed E-state index contributed by atoms with van der Waals surface area (Å²) in [5.74, 6) is -0.602. The van der Waals surface area contributed by atoms with E-state index in [4.69, 9.17) is 21.4 Å². The molecule has 1 aromatic carbocycles. The summed E-state index contributed by atoms with van der Waals surface area (Å²) in [5, 5.41) is 13.7. The van der Waals surface area contributed by atoms with Crippen molar-refractivity contribution in [2.24, 2.45) is 5.41 Å². The lowest BCUT2D eigenvalue weighted by atomic mass is 9.55. The van der Waals surface area contributed by atoms with Crippen molar-refractivity contribution in [3.63, 3.8) is 0 Å². The van der Waals surface area contributed by atoms with Crippen LogP contribution in [0.4, 0.5) is 36.5 Å². The van der Waals surface area contributed by atoms with Crippen LogP contribution in [-0.4, -0.2) is 137 Å². The van der Waals surface area contributed by atoms with Crippen LogP contribution in [0.5, 0.6) is 0 Å². The van der Waals surface area contributed by atoms with Gasteiger partial charge < -0.3 is 25.2 Å². The number of alkyl halides is 2. The number of carbonyl (C=O) groups is 4. The van der Waals surface area contributed by atoms with Crippen LogP contribution in [0, 0.1) is 12.3 Å². The molecular weight excluding hydrogens is 860 g/mol. The first-order valence-corrected chi connectivity index (χ1v) is 23.1. The summed E-state index contributed by atoms with van der Waals surface area (Å²) in [5.41, 5.74) is 3.86. The molecule has 4 aromatic rings. The van der Waals surface area contributed by atoms with E-state index < -0.39 is 17.9 Å². The van der Waals surface area contributed by atoms with Gasteiger partial charge >= 0.3 is 6.03 Å². The molecule has 7 heterocycles. The normalized spacial score (nSPS) is 25.0. The van der Waals surface area contributed by atoms with E-state index in [0.29, 0.717) is 93.2 Å². The number of nitrogens with zero attached hydrogens (tertiary/aromatic N) is 8. The maximum absolute atomic E-state index is 16.5. The van der Waals surface area contributed by atoms with E-state index in [0.717, 1.165) is 35.3 Å². The quantitative estimate of drug-likeness (QED) is 0.178. The second kappa shape index (κ2) is 16.8. The fourth-order valence-corrected chi connectivity index (χ4v) is 11.5. The zero-order chi connectivity index (χ0) is 45.4. The predicted octanol–water partition coefficient (Wildman–Crippen LogP) is 5.73. The molecule has 4 aliphatic heterocycles. The Morgan fingerprint density at radius 1 is 1.02 bits per heavy atom. The van der Waals surface area contributed by atoms with Crippen LogP contribution in [0.2, 0.25) is 5.02 Å². The zero-order valence-electron chi connectivity index (χ0n) is 36.8. The molecule has 3 saturated heterocycles. The molecule has 65 heavy (non-hydrogen) atoms. The molecule has 16 nitrogen and oxygen atoms in total. The van der Waals surface area contributed by atoms with Gasteiger partial charge in [0.1, 0.15) is 17.5 Å². The lowest BCUT2D eigenvalue weighted by molar-refractivity contribution is -0.120. The average Bonchev–Trinajstić information content (AvgIpc) is 3.91. The van der Waals surface area contributed by atoms with Crippen LogP contribution in [-0.2, 0) is 16.0 Å². The number of likely N-dealkylation sites (tertiary alicyclic amines) is 2. The minimum absolute atomic E-state index is 0.00940. The highest BCUT2D eigenvalue weighted by Gasteiger charge is 2.57. The molecule has 2 saturated carbocycles. The summed E-state index contributed by atoms with van der Waals surface area (Å²) in [6.45, 7) is 4.27. The van der Waals surface area contributed by atoms with Crippen LogP contribution in [0.15, 0.2) is 36.5 Å². The molecule has 6 aliphatic rings. The molecule has 1 spiro atoms. The monoisotopic (exact) mass is 913 g/mol. The summed E-state index contributed by atoms with van der Waals surface area (Å²) >= 11 is 6.51. The van der Waals surface area contributed by atoms with Crippen molar-refractivity contribution in [3.05, 3.63) is 69.8 Å². The number of benzene rings is 1. The average molecular weight is 914 g/mol. The molecule has 3 aromatic heterocycles. The van der Waals surface area contributed by atoms with Crippen molar-refractivity contribution in [2.75, 3.05) is 75.1 Å². The van der Waals surface area contributed by atoms with Crippen molar-refractivity contribution < 1.29 is 32.7 Å². The van der Waals surface area contributed by atoms with E-state index in [-0.39, 0.29) is 78.0 Å². The minimum atomic E-state index is -1.42. The van der Waals surface area contributed by atoms with E-state index in [1.807, 2.05) is 36.2 Å². The fourth-order valence-electron chi connectivity index (χ4n) is 11.3. The van der Waals surface area contributed by atoms with Gasteiger partial charge in [-0.3, -0.25) is 29.5 Å². The summed E-state index contributed by atoms with van der Waals surface area (Å²) in [6.07, 6.45) is 5.56. The number of urea groups is 1. The Bertz CT molecular complexity index is 2580. The van der Waals surface area contributed by atoms with Crippen LogP contribution in [0.3, 0.4) is 0 Å². The number of imidazole rings is 1. The van der Waals surface area contributed by atoms with Crippen LogP contribution in [0.1, 0.15) is 95.1 Å². The Labute approximate surface area is 380 Å². The van der Waals surface area contributed by atoms with Crippen molar-refractivity contribution in [1.29, 1.82) is 0 Å². The number of fused-ring (bicyclic) bond motifs is 2. The van der Waals surface area contributed by atoms with Gasteiger partial charge in [0.25, 0.3) is 11.8 Å². The number of piperidine rings is 2. The molecule has 19 heteroatoms. The van der Waals surface area contributed by atoms with Crippen molar-refractivity contribution in [3.8, 4) is 0 Å². The van der Waals surface area contributed by atoms with Crippen LogP contribution < -0.4 is 25.8 Å². The topological polar surface area (TPSA) is 170 Å². The Balaban J connectivity index is 0.757. The predicted molar refractivity (Wildman–Crippen MR) is 240 cm³/mol. The SMILES string of the molecule is CNc1cc(N2CCc3c(C4CCN(CC5(F)CC6(CCN(C(=O)c7cc(N8CCC(=O)NC8=O)c(Cl)c(C)n7)CC6)C5)C[C@H]4F)cccc32)nn2c(C(=O)N[C@@H]3CC[C@H]3OC)cnc12. The van der Waals surface area contributed by atoms with Gasteiger partial charge in [0.2, 0.25) is 5.91 Å². The van der Waals surface area contributed by atoms with Gasteiger partial charge in [0.15, 0.2) is 17.2 Å². The first kappa shape index (κ1) is 43.4. The highest BCUT2D eigenvalue weighted by molar-refractivity contribution is 6.34. The number of methoxy groups -OCH3 is 1. The number of aryl methyl sites for hydroxylation is 1. The number of nitrogens with one attached hydrogen (secondary N) is 3. The third kappa shape index (κ3) is 7.84. The lowest BCUT2D eigenvalue weighted by Gasteiger charge is -2.56. The molecule has 5 fully saturated rings. The molecule has 344 valence electrons. The molecule has 4 atom stereocenters. The van der Waals surface area contributed by atoms with Crippen LogP contribution >= 0.6 is 11.6 Å². The van der Waals surface area contributed by atoms with Gasteiger partial charge in [-0.05, 0) is 93.5 Å². The molecule has 2 aliphatic carbocycles. The molecular formula is C46H54ClF2N11O5. The summed E-state index contributed by atoms with van der Waals surface area (Å²) in [7, 11) is 3.46. The minimum Gasteiger partial charge on any atom is -0.385 e. The number of carbonyl (C=O) groups excluding carboxylic acids is 4. The second-order valence-corrected chi connectivity index (χ2v) is 19.2. The highest BCUT2D eigenvalue weighted by Crippen LogP contribution is 2.57. The maximum Gasteiger partial charge on any atom is 0.328 e. The van der Waals surface area contributed by atoms with E-state index >= 15 is 8.78 Å². The fraction of sp³-hybridized carbons (Fsp3) is 0.543. The number of hydrogen-bond donors (Lipinski definition) is 3. The Morgan fingerprint density at radius 3 is 2.51 bits per heavy atom. The van der Waals surface area contributed by atoms with Gasteiger partial charge in [0, 0.05) is 77.5 Å². The molecule has 0 radical (unpaired) electrons. The van der Waals surface area contributed by atoms with Crippen molar-refractivity contribution in [2.45, 2.75) is 94.6 Å². The Kier molecular flexibility index (Phi) is 11.2. The summed E-state index contributed by atoms with van der Waals surface area (Å²) in [6, 6.07) is 8.80. The van der Waals surface area contributed by atoms with E-state index in [2.05, 4.69) is 30.8 Å². The number of ether oxygens (including phenoxy) is 1. The van der Waals surface area contributed by atoms with Gasteiger partial charge in [-0.1, -0.05) is 23.7 Å². The number of aromatic nitrogens is 4. The molecule has 5 amide bonds. The van der Waals surface area contributed by atoms with Gasteiger partial charge in [-0.15, -0.1) is 5.10 Å². The van der Waals surface area contributed by atoms with E-state index in [1.54, 1.807) is 29.6 Å². The number of anilines is 4. The van der Waals surface area contributed by atoms with Gasteiger partial charge in [-0.2, -0.15) is 0 Å². The lowest BCUT2D eigenvalue weighted by Crippen LogP contribution is -2.59. The largest absolute Gasteiger partial charge is 0.385 e. The van der Waals surface area contributed by atoms with E-state index in [1.165, 1.54) is 11.0 Å². The zero-order valence-corrected chi connectivity index (χ0v) is 37.6. The van der Waals surface area contributed by atoms with Crippen molar-refractivity contribution >= 4 is 63.9 Å². The number of hydrogen-bond acceptors (Lipinski definition) is 11. The summed E-state index contributed by atoms with van der Waals surface area (Å²) < 4.78 is 39.9. The molecule has 0 bridgehead atoms. The van der Waals surface area contributed by atoms with Gasteiger partial charge in [0.05, 0.1) is 40.4 Å². The maximum atomic E-state index is 16.5. The molecule has 10 rings (SSSR count). The van der Waals surface area contributed by atoms with Gasteiger partial charge in [-0.25, -0.2) is 28.1 Å². The Morgan fingerprint density at radius 2 is 1.80 bits per heavy atom. The third-order valence-corrected chi connectivity index (χ3v) is 15.3. The van der Waals surface area contributed by atoms with E-state index in [9.17, 15) is 19.2 Å². The Hall–Kier alpha value is -5.46. The number of pyridine rings is 1.